The predicted octanol–water partition coefficient (Wildman–Crippen LogP) is 3.01. The smallest absolute Gasteiger partial charge is 0.252 e. The molecule has 0 saturated heterocycles. The van der Waals surface area contributed by atoms with E-state index in [0.29, 0.717) is 39.7 Å². The van der Waals surface area contributed by atoms with Gasteiger partial charge in [0.2, 0.25) is 4.80 Å². The number of aromatic hydroxyl groups is 1. The summed E-state index contributed by atoms with van der Waals surface area (Å²) in [6, 6.07) is 10.0. The van der Waals surface area contributed by atoms with E-state index in [1.54, 1.807) is 55.5 Å². The van der Waals surface area contributed by atoms with Crippen LogP contribution in [0.3, 0.4) is 0 Å². The highest BCUT2D eigenvalue weighted by atomic mass is 32.1. The summed E-state index contributed by atoms with van der Waals surface area (Å²) >= 11 is 1.38. The third-order valence-electron chi connectivity index (χ3n) is 4.35. The van der Waals surface area contributed by atoms with Crippen molar-refractivity contribution in [3.8, 4) is 28.5 Å². The van der Waals surface area contributed by atoms with E-state index in [-0.39, 0.29) is 11.3 Å². The molecule has 3 N–H and O–H groups in total. The first kappa shape index (κ1) is 21.8. The zero-order valence-electron chi connectivity index (χ0n) is 17.1. The minimum Gasteiger partial charge on any atom is -0.507 e. The van der Waals surface area contributed by atoms with E-state index in [9.17, 15) is 9.90 Å². The molecule has 0 aliphatic rings. The van der Waals surface area contributed by atoms with E-state index in [4.69, 9.17) is 15.2 Å². The number of nitrogens with two attached hydrogens (primary N) is 1. The lowest BCUT2D eigenvalue weighted by Crippen LogP contribution is -2.14. The number of ether oxygens (including phenoxy) is 2. The molecule has 1 amide bonds. The Balaban J connectivity index is 2.15. The van der Waals surface area contributed by atoms with Crippen molar-refractivity contribution in [2.45, 2.75) is 0 Å². The van der Waals surface area contributed by atoms with Gasteiger partial charge in [-0.25, -0.2) is 4.68 Å². The third-order valence-corrected chi connectivity index (χ3v) is 5.20. The fourth-order valence-corrected chi connectivity index (χ4v) is 3.66. The summed E-state index contributed by atoms with van der Waals surface area (Å²) in [5, 5.41) is 16.4. The quantitative estimate of drug-likeness (QED) is 0.416. The predicted molar refractivity (Wildman–Crippen MR) is 121 cm³/mol. The lowest BCUT2D eigenvalue weighted by molar-refractivity contribution is 0.0998. The molecule has 3 rings (SSSR count). The Morgan fingerprint density at radius 1 is 1.26 bits per heavy atom. The molecule has 2 aromatic carbocycles. The standard InChI is InChI=1S/C22H22N4O4S/c1-4-9-24-22-26(25-12-15-10-16(29-2)6-8-20(15)30-3)18(13-31-22)14-5-7-19(27)17(11-14)21(23)28/h4-8,10-13,27H,1,9H2,2-3H3,(H2,23,28)/b24-22?,25-12+. The molecular weight excluding hydrogens is 416 g/mol. The van der Waals surface area contributed by atoms with Crippen molar-refractivity contribution in [2.24, 2.45) is 15.8 Å². The summed E-state index contributed by atoms with van der Waals surface area (Å²) in [4.78, 5) is 16.8. The number of hydrogen-bond donors (Lipinski definition) is 2. The van der Waals surface area contributed by atoms with Crippen LogP contribution in [-0.2, 0) is 0 Å². The summed E-state index contributed by atoms with van der Waals surface area (Å²) in [5.74, 6) is 0.396. The number of aromatic nitrogens is 1. The molecule has 0 saturated carbocycles. The van der Waals surface area contributed by atoms with Crippen LogP contribution in [-0.4, -0.2) is 42.7 Å². The number of amides is 1. The molecule has 0 atom stereocenters. The van der Waals surface area contributed by atoms with Gasteiger partial charge in [0.15, 0.2) is 0 Å². The Labute approximate surface area is 183 Å². The largest absolute Gasteiger partial charge is 0.507 e. The van der Waals surface area contributed by atoms with Crippen LogP contribution in [0.4, 0.5) is 0 Å². The molecule has 0 radical (unpaired) electrons. The summed E-state index contributed by atoms with van der Waals surface area (Å²) in [6.07, 6.45) is 3.32. The molecule has 3 aromatic rings. The van der Waals surface area contributed by atoms with E-state index in [1.165, 1.54) is 23.5 Å². The van der Waals surface area contributed by atoms with Gasteiger partial charge in [0.25, 0.3) is 5.91 Å². The van der Waals surface area contributed by atoms with Gasteiger partial charge in [-0.3, -0.25) is 9.79 Å². The Bertz CT molecular complexity index is 1210. The van der Waals surface area contributed by atoms with E-state index in [2.05, 4.69) is 16.7 Å². The van der Waals surface area contributed by atoms with Crippen molar-refractivity contribution in [3.05, 3.63) is 70.4 Å². The summed E-state index contributed by atoms with van der Waals surface area (Å²) in [6.45, 7) is 4.12. The molecule has 1 heterocycles. The van der Waals surface area contributed by atoms with Crippen LogP contribution in [0.1, 0.15) is 15.9 Å². The molecule has 31 heavy (non-hydrogen) atoms. The molecule has 0 aliphatic carbocycles. The molecule has 8 nitrogen and oxygen atoms in total. The maximum atomic E-state index is 11.7. The summed E-state index contributed by atoms with van der Waals surface area (Å²) in [5.41, 5.74) is 7.44. The molecule has 0 unspecified atom stereocenters. The summed E-state index contributed by atoms with van der Waals surface area (Å²) in [7, 11) is 3.16. The number of carbonyl (C=O) groups excluding carboxylic acids is 1. The van der Waals surface area contributed by atoms with Gasteiger partial charge >= 0.3 is 0 Å². The van der Waals surface area contributed by atoms with Crippen molar-refractivity contribution in [2.75, 3.05) is 20.8 Å². The summed E-state index contributed by atoms with van der Waals surface area (Å²) < 4.78 is 12.3. The average molecular weight is 439 g/mol. The SMILES string of the molecule is C=CCN=c1scc(-c2ccc(O)c(C(N)=O)c2)n1/N=C/c1cc(OC)ccc1OC. The molecule has 9 heteroatoms. The monoisotopic (exact) mass is 438 g/mol. The van der Waals surface area contributed by atoms with Crippen LogP contribution < -0.4 is 20.0 Å². The van der Waals surface area contributed by atoms with Crippen LogP contribution in [0.2, 0.25) is 0 Å². The average Bonchev–Trinajstić information content (AvgIpc) is 3.18. The lowest BCUT2D eigenvalue weighted by atomic mass is 10.1. The number of nitrogens with zero attached hydrogens (tertiary/aromatic N) is 3. The molecule has 160 valence electrons. The first-order chi connectivity index (χ1) is 15.0. The van der Waals surface area contributed by atoms with E-state index >= 15 is 0 Å². The Hall–Kier alpha value is -3.85. The van der Waals surface area contributed by atoms with E-state index < -0.39 is 5.91 Å². The van der Waals surface area contributed by atoms with Crippen LogP contribution >= 0.6 is 11.3 Å². The number of phenols is 1. The van der Waals surface area contributed by atoms with Gasteiger partial charge in [-0.2, -0.15) is 5.10 Å². The zero-order chi connectivity index (χ0) is 22.4. The fourth-order valence-electron chi connectivity index (χ4n) is 2.81. The second-order valence-corrected chi connectivity index (χ2v) is 7.13. The Morgan fingerprint density at radius 2 is 2.06 bits per heavy atom. The molecular formula is C22H22N4O4S. The Morgan fingerprint density at radius 3 is 2.74 bits per heavy atom. The molecule has 0 aliphatic heterocycles. The van der Waals surface area contributed by atoms with Gasteiger partial charge in [0, 0.05) is 16.5 Å². The van der Waals surface area contributed by atoms with E-state index in [0.717, 1.165) is 0 Å². The number of primary amides is 1. The van der Waals surface area contributed by atoms with Crippen LogP contribution in [0.15, 0.2) is 64.5 Å². The van der Waals surface area contributed by atoms with Gasteiger partial charge < -0.3 is 20.3 Å². The Kier molecular flexibility index (Phi) is 6.88. The number of benzene rings is 2. The first-order valence-electron chi connectivity index (χ1n) is 9.20. The lowest BCUT2D eigenvalue weighted by Gasteiger charge is -2.08. The number of methoxy groups -OCH3 is 2. The second kappa shape index (κ2) is 9.77. The van der Waals surface area contributed by atoms with Gasteiger partial charge in [0.05, 0.1) is 38.2 Å². The normalized spacial score (nSPS) is 11.6. The number of hydrogen-bond acceptors (Lipinski definition) is 7. The minimum atomic E-state index is -0.720. The van der Waals surface area contributed by atoms with Crippen molar-refractivity contribution < 1.29 is 19.4 Å². The molecule has 1 aromatic heterocycles. The van der Waals surface area contributed by atoms with Gasteiger partial charge in [-0.05, 0) is 36.4 Å². The number of thiazole rings is 1. The van der Waals surface area contributed by atoms with Crippen LogP contribution in [0.5, 0.6) is 17.2 Å². The molecule has 0 bridgehead atoms. The maximum Gasteiger partial charge on any atom is 0.252 e. The first-order valence-corrected chi connectivity index (χ1v) is 10.1. The highest BCUT2D eigenvalue weighted by Gasteiger charge is 2.13. The number of carbonyl (C=O) groups is 1. The topological polar surface area (TPSA) is 111 Å². The second-order valence-electron chi connectivity index (χ2n) is 6.29. The zero-order valence-corrected chi connectivity index (χ0v) is 17.9. The third kappa shape index (κ3) is 4.84. The van der Waals surface area contributed by atoms with Crippen molar-refractivity contribution in [1.29, 1.82) is 0 Å². The van der Waals surface area contributed by atoms with Crippen molar-refractivity contribution >= 4 is 23.5 Å². The highest BCUT2D eigenvalue weighted by Crippen LogP contribution is 2.27. The number of rotatable bonds is 8. The van der Waals surface area contributed by atoms with Crippen LogP contribution in [0, 0.1) is 0 Å². The van der Waals surface area contributed by atoms with E-state index in [1.807, 2.05) is 5.38 Å². The molecule has 0 spiro atoms. The van der Waals surface area contributed by atoms with Crippen molar-refractivity contribution in [3.63, 3.8) is 0 Å². The van der Waals surface area contributed by atoms with Gasteiger partial charge in [0.1, 0.15) is 17.2 Å². The van der Waals surface area contributed by atoms with Crippen molar-refractivity contribution in [1.82, 2.24) is 4.68 Å². The van der Waals surface area contributed by atoms with Crippen LogP contribution in [0.25, 0.3) is 11.3 Å². The van der Waals surface area contributed by atoms with Gasteiger partial charge in [-0.1, -0.05) is 6.08 Å². The maximum absolute atomic E-state index is 11.7. The molecule has 0 fully saturated rings. The van der Waals surface area contributed by atoms with Gasteiger partial charge in [-0.15, -0.1) is 17.9 Å². The minimum absolute atomic E-state index is 0.0262. The fraction of sp³-hybridized carbons (Fsp3) is 0.136. The highest BCUT2D eigenvalue weighted by molar-refractivity contribution is 7.07.